The Morgan fingerprint density at radius 1 is 1.19 bits per heavy atom. The summed E-state index contributed by atoms with van der Waals surface area (Å²) in [5.41, 5.74) is 0.983. The number of urea groups is 1. The van der Waals surface area contributed by atoms with Gasteiger partial charge in [0.25, 0.3) is 0 Å². The summed E-state index contributed by atoms with van der Waals surface area (Å²) in [7, 11) is 0. The van der Waals surface area contributed by atoms with Crippen molar-refractivity contribution >= 4 is 39.4 Å². The molecular weight excluding hydrogens is 352 g/mol. The zero-order chi connectivity index (χ0) is 18.3. The lowest BCUT2D eigenvalue weighted by Gasteiger charge is -2.23. The third-order valence-electron chi connectivity index (χ3n) is 5.04. The lowest BCUT2D eigenvalue weighted by molar-refractivity contribution is -0.925. The summed E-state index contributed by atoms with van der Waals surface area (Å²) in [6.45, 7) is 3.25. The third kappa shape index (κ3) is 2.79. The van der Waals surface area contributed by atoms with Gasteiger partial charge in [0, 0.05) is 19.4 Å². The van der Waals surface area contributed by atoms with E-state index in [0.29, 0.717) is 6.42 Å². The Labute approximate surface area is 155 Å². The van der Waals surface area contributed by atoms with Crippen molar-refractivity contribution in [2.45, 2.75) is 32.2 Å². The number of carbonyl (C=O) groups excluding carboxylic acids is 3. The standard InChI is InChI=1S/C18H20N4O3S/c1-2-9-21-16(23)17(24)22(18(21)25)11-20-10-5-7-13(20)15-19-12-6-3-4-8-14(12)26-15/h3-4,6,8,13H,2,5,7,9-11H2,1H3/p+1/t13-/m1/s1. The van der Waals surface area contributed by atoms with Gasteiger partial charge in [0.15, 0.2) is 11.7 Å². The predicted octanol–water partition coefficient (Wildman–Crippen LogP) is 1.17. The molecule has 0 radical (unpaired) electrons. The van der Waals surface area contributed by atoms with Crippen molar-refractivity contribution in [2.75, 3.05) is 19.8 Å². The van der Waals surface area contributed by atoms with Crippen LogP contribution in [0.2, 0.25) is 0 Å². The van der Waals surface area contributed by atoms with E-state index in [2.05, 4.69) is 6.07 Å². The van der Waals surface area contributed by atoms with Crippen LogP contribution in [0.25, 0.3) is 10.2 Å². The molecule has 8 heteroatoms. The molecule has 2 fully saturated rings. The molecule has 0 spiro atoms. The molecule has 4 amide bonds. The van der Waals surface area contributed by atoms with Crippen LogP contribution < -0.4 is 4.90 Å². The van der Waals surface area contributed by atoms with Crippen molar-refractivity contribution in [2.24, 2.45) is 0 Å². The van der Waals surface area contributed by atoms with Gasteiger partial charge in [0.1, 0.15) is 6.04 Å². The molecular formula is C18H21N4O3S+. The average Bonchev–Trinajstić information content (AvgIpc) is 3.32. The molecule has 7 nitrogen and oxygen atoms in total. The highest BCUT2D eigenvalue weighted by Crippen LogP contribution is 2.28. The van der Waals surface area contributed by atoms with Gasteiger partial charge in [-0.3, -0.25) is 14.5 Å². The smallest absolute Gasteiger partial charge is 0.309 e. The summed E-state index contributed by atoms with van der Waals surface area (Å²) in [6, 6.07) is 7.70. The molecule has 1 aromatic heterocycles. The van der Waals surface area contributed by atoms with Crippen LogP contribution >= 0.6 is 11.3 Å². The van der Waals surface area contributed by atoms with Gasteiger partial charge in [0.2, 0.25) is 0 Å². The minimum absolute atomic E-state index is 0.156. The van der Waals surface area contributed by atoms with Crippen LogP contribution in [-0.4, -0.2) is 52.4 Å². The number of benzene rings is 1. The summed E-state index contributed by atoms with van der Waals surface area (Å²) in [5, 5.41) is 1.04. The number of para-hydroxylation sites is 1. The van der Waals surface area contributed by atoms with Crippen molar-refractivity contribution in [1.82, 2.24) is 14.8 Å². The molecule has 0 aliphatic carbocycles. The Morgan fingerprint density at radius 2 is 1.96 bits per heavy atom. The number of quaternary nitrogens is 1. The zero-order valence-electron chi connectivity index (χ0n) is 14.6. The maximum absolute atomic E-state index is 12.5. The van der Waals surface area contributed by atoms with Crippen molar-refractivity contribution < 1.29 is 19.3 Å². The van der Waals surface area contributed by atoms with E-state index in [1.807, 2.05) is 25.1 Å². The second-order valence-electron chi connectivity index (χ2n) is 6.75. The van der Waals surface area contributed by atoms with Crippen LogP contribution in [-0.2, 0) is 9.59 Å². The molecule has 4 rings (SSSR count). The summed E-state index contributed by atoms with van der Waals surface area (Å²) in [4.78, 5) is 44.8. The first-order valence-electron chi connectivity index (χ1n) is 8.97. The fourth-order valence-electron chi connectivity index (χ4n) is 3.75. The SMILES string of the molecule is CCCN1C(=O)C(=O)N(C[NH+]2CCC[C@@H]2c2nc3ccccc3s2)C1=O. The molecule has 26 heavy (non-hydrogen) atoms. The van der Waals surface area contributed by atoms with Crippen LogP contribution in [0.5, 0.6) is 0 Å². The first-order chi connectivity index (χ1) is 12.6. The first kappa shape index (κ1) is 17.1. The number of hydrogen-bond acceptors (Lipinski definition) is 5. The zero-order valence-corrected chi connectivity index (χ0v) is 15.4. The quantitative estimate of drug-likeness (QED) is 0.631. The summed E-state index contributed by atoms with van der Waals surface area (Å²) < 4.78 is 1.14. The third-order valence-corrected chi connectivity index (χ3v) is 6.19. The van der Waals surface area contributed by atoms with Crippen molar-refractivity contribution in [1.29, 1.82) is 0 Å². The maximum Gasteiger partial charge on any atom is 0.338 e. The van der Waals surface area contributed by atoms with E-state index < -0.39 is 17.8 Å². The van der Waals surface area contributed by atoms with Crippen LogP contribution in [0.1, 0.15) is 37.2 Å². The number of thiazole rings is 1. The second-order valence-corrected chi connectivity index (χ2v) is 7.82. The highest BCUT2D eigenvalue weighted by molar-refractivity contribution is 7.18. The number of nitrogens with one attached hydrogen (secondary N) is 1. The Morgan fingerprint density at radius 3 is 2.73 bits per heavy atom. The molecule has 2 aliphatic heterocycles. The lowest BCUT2D eigenvalue weighted by Crippen LogP contribution is -3.12. The average molecular weight is 373 g/mol. The molecule has 2 atom stereocenters. The maximum atomic E-state index is 12.5. The fraction of sp³-hybridized carbons (Fsp3) is 0.444. The summed E-state index contributed by atoms with van der Waals surface area (Å²) in [6.07, 6.45) is 2.63. The van der Waals surface area contributed by atoms with E-state index in [0.717, 1.165) is 49.3 Å². The van der Waals surface area contributed by atoms with Crippen LogP contribution in [0.4, 0.5) is 4.79 Å². The molecule has 136 valence electrons. The largest absolute Gasteiger partial charge is 0.338 e. The molecule has 2 saturated heterocycles. The molecule has 1 unspecified atom stereocenters. The first-order valence-corrected chi connectivity index (χ1v) is 9.79. The molecule has 1 aromatic carbocycles. The van der Waals surface area contributed by atoms with E-state index in [1.54, 1.807) is 11.3 Å². The number of aromatic nitrogens is 1. The van der Waals surface area contributed by atoms with E-state index in [-0.39, 0.29) is 19.3 Å². The number of carbonyl (C=O) groups is 3. The Balaban J connectivity index is 1.55. The molecule has 0 bridgehead atoms. The number of rotatable bonds is 5. The Bertz CT molecular complexity index is 847. The number of imide groups is 2. The van der Waals surface area contributed by atoms with Crippen LogP contribution in [0, 0.1) is 0 Å². The fourth-order valence-corrected chi connectivity index (χ4v) is 4.91. The Hall–Kier alpha value is -2.32. The predicted molar refractivity (Wildman–Crippen MR) is 96.5 cm³/mol. The van der Waals surface area contributed by atoms with E-state index in [1.165, 1.54) is 0 Å². The number of amides is 4. The van der Waals surface area contributed by atoms with Crippen molar-refractivity contribution in [3.8, 4) is 0 Å². The van der Waals surface area contributed by atoms with E-state index in [4.69, 9.17) is 4.98 Å². The highest BCUT2D eigenvalue weighted by atomic mass is 32.1. The van der Waals surface area contributed by atoms with Gasteiger partial charge in [-0.2, -0.15) is 0 Å². The summed E-state index contributed by atoms with van der Waals surface area (Å²) >= 11 is 1.67. The van der Waals surface area contributed by atoms with Gasteiger partial charge in [-0.1, -0.05) is 19.1 Å². The topological polar surface area (TPSA) is 75.0 Å². The van der Waals surface area contributed by atoms with Gasteiger partial charge >= 0.3 is 17.8 Å². The molecule has 0 saturated carbocycles. The van der Waals surface area contributed by atoms with Gasteiger partial charge in [-0.25, -0.2) is 14.7 Å². The monoisotopic (exact) mass is 373 g/mol. The van der Waals surface area contributed by atoms with Gasteiger partial charge < -0.3 is 4.90 Å². The number of likely N-dealkylation sites (tertiary alicyclic amines) is 1. The van der Waals surface area contributed by atoms with Gasteiger partial charge in [0.05, 0.1) is 16.8 Å². The van der Waals surface area contributed by atoms with E-state index >= 15 is 0 Å². The van der Waals surface area contributed by atoms with Gasteiger partial charge in [-0.05, 0) is 18.6 Å². The summed E-state index contributed by atoms with van der Waals surface area (Å²) in [5.74, 6) is -1.40. The van der Waals surface area contributed by atoms with Crippen molar-refractivity contribution in [3.63, 3.8) is 0 Å². The van der Waals surface area contributed by atoms with Crippen LogP contribution in [0.3, 0.4) is 0 Å². The normalized spacial score (nSPS) is 23.7. The molecule has 2 aliphatic rings. The number of nitrogens with zero attached hydrogens (tertiary/aromatic N) is 3. The number of fused-ring (bicyclic) bond motifs is 1. The lowest BCUT2D eigenvalue weighted by atomic mass is 10.2. The highest BCUT2D eigenvalue weighted by Gasteiger charge is 2.47. The second kappa shape index (κ2) is 6.77. The number of hydrogen-bond donors (Lipinski definition) is 1. The minimum atomic E-state index is -0.703. The Kier molecular flexibility index (Phi) is 4.46. The molecule has 2 aromatic rings. The molecule has 1 N–H and O–H groups in total. The van der Waals surface area contributed by atoms with E-state index in [9.17, 15) is 14.4 Å². The van der Waals surface area contributed by atoms with Gasteiger partial charge in [-0.15, -0.1) is 11.3 Å². The van der Waals surface area contributed by atoms with Crippen molar-refractivity contribution in [3.05, 3.63) is 29.3 Å². The minimum Gasteiger partial charge on any atom is -0.309 e. The molecule has 3 heterocycles. The van der Waals surface area contributed by atoms with Crippen LogP contribution in [0.15, 0.2) is 24.3 Å².